The molecule has 0 spiro atoms. The first-order valence-corrected chi connectivity index (χ1v) is 12.5. The molecule has 0 saturated heterocycles. The van der Waals surface area contributed by atoms with E-state index in [1.165, 1.54) is 37.8 Å². The molecular formula is C25H33ClN2O4. The number of alkyl halides is 1. The first-order chi connectivity index (χ1) is 15.2. The Labute approximate surface area is 194 Å². The molecule has 0 bridgehead atoms. The molecule has 8 atom stereocenters. The number of rotatable bonds is 3. The molecule has 4 fully saturated rings. The van der Waals surface area contributed by atoms with Gasteiger partial charge in [-0.05, 0) is 98.0 Å². The number of fused-ring (bicyclic) bond motifs is 5. The lowest BCUT2D eigenvalue weighted by Crippen LogP contribution is -2.55. The molecule has 0 amide bonds. The number of nitro benzene ring substituents is 1. The second-order valence-electron chi connectivity index (χ2n) is 11.1. The van der Waals surface area contributed by atoms with Crippen molar-refractivity contribution in [3.8, 4) is 5.75 Å². The molecule has 1 aromatic carbocycles. The summed E-state index contributed by atoms with van der Waals surface area (Å²) >= 11 is 6.88. The Kier molecular flexibility index (Phi) is 5.52. The van der Waals surface area contributed by atoms with E-state index in [1.807, 2.05) is 0 Å². The van der Waals surface area contributed by atoms with Crippen molar-refractivity contribution in [3.63, 3.8) is 0 Å². The first-order valence-electron chi connectivity index (χ1n) is 12.0. The summed E-state index contributed by atoms with van der Waals surface area (Å²) in [5.41, 5.74) is 1.23. The number of non-ortho nitro benzene ring substituents is 1. The molecular weight excluding hydrogens is 428 g/mol. The highest BCUT2D eigenvalue weighted by atomic mass is 35.5. The molecule has 4 aliphatic rings. The molecule has 0 unspecified atom stereocenters. The van der Waals surface area contributed by atoms with Crippen LogP contribution in [0, 0.1) is 44.6 Å². The van der Waals surface area contributed by atoms with Crippen LogP contribution >= 0.6 is 11.6 Å². The summed E-state index contributed by atoms with van der Waals surface area (Å²) in [6, 6.07) is 5.98. The van der Waals surface area contributed by atoms with Crippen molar-refractivity contribution in [2.75, 3.05) is 0 Å². The fourth-order valence-electron chi connectivity index (χ4n) is 7.88. The number of nitro groups is 1. The van der Waals surface area contributed by atoms with Crippen LogP contribution in [-0.2, 0) is 0 Å². The van der Waals surface area contributed by atoms with Crippen LogP contribution in [0.3, 0.4) is 0 Å². The predicted octanol–water partition coefficient (Wildman–Crippen LogP) is 5.95. The zero-order chi connectivity index (χ0) is 22.7. The Morgan fingerprint density at radius 2 is 1.81 bits per heavy atom. The van der Waals surface area contributed by atoms with E-state index < -0.39 is 4.92 Å². The second kappa shape index (κ2) is 7.98. The molecule has 7 heteroatoms. The third-order valence-electron chi connectivity index (χ3n) is 9.77. The van der Waals surface area contributed by atoms with Gasteiger partial charge < -0.3 is 9.94 Å². The van der Waals surface area contributed by atoms with Crippen molar-refractivity contribution < 1.29 is 14.9 Å². The number of nitrogens with zero attached hydrogens (tertiary/aromatic N) is 2. The standard InChI is InChI=1S/C25H33ClN2O4/c1-24-12-11-20-18(19(24)9-10-23(24)29)8-3-15-13-22(21(26)14-25(15,20)2)27-32-17-6-4-16(5-7-17)28(30)31/h4-7,15,18-21,23,29H,3,8-14H2,1-2H3/b27-22+/t15-,18-,19-,20-,21+,23-,24-,25-/m0/s1. The molecule has 4 saturated carbocycles. The summed E-state index contributed by atoms with van der Waals surface area (Å²) < 4.78 is 0. The number of oxime groups is 1. The maximum atomic E-state index is 10.8. The molecule has 0 radical (unpaired) electrons. The predicted molar refractivity (Wildman–Crippen MR) is 124 cm³/mol. The second-order valence-corrected chi connectivity index (χ2v) is 11.6. The molecule has 0 aromatic heterocycles. The molecule has 5 rings (SSSR count). The Morgan fingerprint density at radius 1 is 1.09 bits per heavy atom. The van der Waals surface area contributed by atoms with Crippen molar-refractivity contribution in [1.29, 1.82) is 0 Å². The van der Waals surface area contributed by atoms with Gasteiger partial charge >= 0.3 is 0 Å². The summed E-state index contributed by atoms with van der Waals surface area (Å²) in [5, 5.41) is 25.7. The summed E-state index contributed by atoms with van der Waals surface area (Å²) in [5.74, 6) is 3.04. The minimum Gasteiger partial charge on any atom is -0.393 e. The van der Waals surface area contributed by atoms with Crippen molar-refractivity contribution in [1.82, 2.24) is 0 Å². The normalized spacial score (nSPS) is 44.4. The van der Waals surface area contributed by atoms with Gasteiger partial charge in [-0.3, -0.25) is 10.1 Å². The van der Waals surface area contributed by atoms with E-state index in [0.717, 1.165) is 31.4 Å². The largest absolute Gasteiger partial charge is 0.393 e. The van der Waals surface area contributed by atoms with Crippen molar-refractivity contribution >= 4 is 23.0 Å². The molecule has 0 aliphatic heterocycles. The zero-order valence-corrected chi connectivity index (χ0v) is 19.6. The van der Waals surface area contributed by atoms with Gasteiger partial charge in [0, 0.05) is 12.1 Å². The fourth-order valence-corrected chi connectivity index (χ4v) is 8.34. The molecule has 32 heavy (non-hydrogen) atoms. The maximum Gasteiger partial charge on any atom is 0.269 e. The topological polar surface area (TPSA) is 85.0 Å². The molecule has 1 N–H and O–H groups in total. The van der Waals surface area contributed by atoms with Gasteiger partial charge in [0.05, 0.1) is 22.1 Å². The molecule has 0 heterocycles. The highest BCUT2D eigenvalue weighted by Gasteiger charge is 2.60. The lowest BCUT2D eigenvalue weighted by atomic mass is 9.45. The van der Waals surface area contributed by atoms with E-state index in [0.29, 0.717) is 29.4 Å². The van der Waals surface area contributed by atoms with Crippen molar-refractivity contribution in [2.24, 2.45) is 39.7 Å². The Morgan fingerprint density at radius 3 is 2.53 bits per heavy atom. The van der Waals surface area contributed by atoms with Crippen LogP contribution in [0.4, 0.5) is 5.69 Å². The lowest BCUT2D eigenvalue weighted by Gasteiger charge is -2.60. The molecule has 1 aromatic rings. The van der Waals surface area contributed by atoms with E-state index in [-0.39, 0.29) is 28.0 Å². The van der Waals surface area contributed by atoms with Gasteiger partial charge in [-0.2, -0.15) is 0 Å². The summed E-state index contributed by atoms with van der Waals surface area (Å²) in [4.78, 5) is 16.0. The summed E-state index contributed by atoms with van der Waals surface area (Å²) in [7, 11) is 0. The van der Waals surface area contributed by atoms with Gasteiger partial charge in [0.25, 0.3) is 5.69 Å². The third-order valence-corrected chi connectivity index (χ3v) is 10.2. The highest BCUT2D eigenvalue weighted by molar-refractivity contribution is 6.32. The molecule has 174 valence electrons. The minimum atomic E-state index is -0.428. The number of hydrogen-bond donors (Lipinski definition) is 1. The Balaban J connectivity index is 1.31. The summed E-state index contributed by atoms with van der Waals surface area (Å²) in [6.07, 6.45) is 8.49. The average molecular weight is 461 g/mol. The van der Waals surface area contributed by atoms with Crippen molar-refractivity contribution in [2.45, 2.75) is 76.7 Å². The number of benzene rings is 1. The smallest absolute Gasteiger partial charge is 0.269 e. The van der Waals surface area contributed by atoms with Gasteiger partial charge in [-0.25, -0.2) is 0 Å². The summed E-state index contributed by atoms with van der Waals surface area (Å²) in [6.45, 7) is 4.78. The van der Waals surface area contributed by atoms with E-state index in [9.17, 15) is 15.2 Å². The third kappa shape index (κ3) is 3.45. The lowest BCUT2D eigenvalue weighted by molar-refractivity contribution is -0.384. The minimum absolute atomic E-state index is 0.0313. The van der Waals surface area contributed by atoms with Crippen LogP contribution in [0.2, 0.25) is 0 Å². The number of aliphatic hydroxyl groups is 1. The maximum absolute atomic E-state index is 10.8. The molecule has 6 nitrogen and oxygen atoms in total. The van der Waals surface area contributed by atoms with Crippen LogP contribution < -0.4 is 4.84 Å². The Hall–Kier alpha value is -1.66. The van der Waals surface area contributed by atoms with Crippen LogP contribution in [0.5, 0.6) is 5.75 Å². The number of aliphatic hydroxyl groups excluding tert-OH is 1. The van der Waals surface area contributed by atoms with Crippen LogP contribution in [0.1, 0.15) is 65.2 Å². The van der Waals surface area contributed by atoms with Gasteiger partial charge in [-0.15, -0.1) is 11.6 Å². The van der Waals surface area contributed by atoms with E-state index >= 15 is 0 Å². The van der Waals surface area contributed by atoms with E-state index in [1.54, 1.807) is 12.1 Å². The SMILES string of the molecule is C[C@]12C[C@@H](Cl)/C(=N/Oc3ccc([N+](=O)[O-])cc3)C[C@@H]1CC[C@@H]1[C@@H]2CC[C@]2(C)[C@@H](O)CC[C@@H]12. The van der Waals surface area contributed by atoms with Crippen molar-refractivity contribution in [3.05, 3.63) is 34.4 Å². The zero-order valence-electron chi connectivity index (χ0n) is 18.9. The molecule has 4 aliphatic carbocycles. The van der Waals surface area contributed by atoms with Gasteiger partial charge in [0.1, 0.15) is 0 Å². The quantitative estimate of drug-likeness (QED) is 0.343. The average Bonchev–Trinajstić information content (AvgIpc) is 3.07. The highest BCUT2D eigenvalue weighted by Crippen LogP contribution is 2.66. The van der Waals surface area contributed by atoms with Gasteiger partial charge in [0.2, 0.25) is 0 Å². The van der Waals surface area contributed by atoms with Crippen LogP contribution in [0.15, 0.2) is 29.4 Å². The van der Waals surface area contributed by atoms with E-state index in [2.05, 4.69) is 19.0 Å². The fraction of sp³-hybridized carbons (Fsp3) is 0.720. The Bertz CT molecular complexity index is 921. The van der Waals surface area contributed by atoms with Crippen LogP contribution in [-0.4, -0.2) is 27.2 Å². The monoisotopic (exact) mass is 460 g/mol. The van der Waals surface area contributed by atoms with Crippen LogP contribution in [0.25, 0.3) is 0 Å². The number of halogens is 1. The first kappa shape index (κ1) is 22.1. The van der Waals surface area contributed by atoms with Gasteiger partial charge in [0.15, 0.2) is 5.75 Å². The van der Waals surface area contributed by atoms with Gasteiger partial charge in [-0.1, -0.05) is 19.0 Å². The van der Waals surface area contributed by atoms with E-state index in [4.69, 9.17) is 16.4 Å². The number of hydrogen-bond acceptors (Lipinski definition) is 5.